The minimum Gasteiger partial charge on any atom is -0.497 e. The minimum atomic E-state index is -0.871. The third-order valence-electron chi connectivity index (χ3n) is 5.95. The Morgan fingerprint density at radius 3 is 1.61 bits per heavy atom. The average Bonchev–Trinajstić information content (AvgIpc) is 3.03. The number of rotatable bonds is 11. The number of esters is 1. The van der Waals surface area contributed by atoms with Crippen LogP contribution in [-0.2, 0) is 27.2 Å². The molecule has 2 atom stereocenters. The second-order valence-corrected chi connectivity index (χ2v) is 10.4. The first kappa shape index (κ1) is 37.9. The van der Waals surface area contributed by atoms with Gasteiger partial charge in [0.2, 0.25) is 0 Å². The fraction of sp³-hybridized carbons (Fsp3) is 0.257. The van der Waals surface area contributed by atoms with E-state index in [0.29, 0.717) is 19.4 Å². The molecule has 9 heteroatoms. The molecule has 0 aliphatic rings. The number of ether oxygens (including phenoxy) is 3. The van der Waals surface area contributed by atoms with Crippen LogP contribution < -0.4 is 20.5 Å². The van der Waals surface area contributed by atoms with Crippen LogP contribution in [0.3, 0.4) is 0 Å². The molecule has 0 bridgehead atoms. The van der Waals surface area contributed by atoms with E-state index >= 15 is 0 Å². The SMILES string of the molecule is C.CCOC(=O)C(N)Cc1ccc(OC)cc1.COc1ccc(CC(Nc2ccccc2)C(=O)O)cc1.Ic1ccccc1. The maximum Gasteiger partial charge on any atom is 0.326 e. The molecule has 0 saturated carbocycles. The van der Waals surface area contributed by atoms with E-state index in [-0.39, 0.29) is 13.4 Å². The van der Waals surface area contributed by atoms with Gasteiger partial charge in [-0.3, -0.25) is 4.79 Å². The van der Waals surface area contributed by atoms with Crippen molar-refractivity contribution < 1.29 is 28.9 Å². The van der Waals surface area contributed by atoms with Crippen molar-refractivity contribution in [2.45, 2.75) is 39.3 Å². The molecule has 4 aromatic carbocycles. The first-order valence-corrected chi connectivity index (χ1v) is 14.8. The quantitative estimate of drug-likeness (QED) is 0.114. The summed E-state index contributed by atoms with van der Waals surface area (Å²) in [6, 6.07) is 33.2. The highest BCUT2D eigenvalue weighted by Crippen LogP contribution is 2.15. The summed E-state index contributed by atoms with van der Waals surface area (Å²) in [6.07, 6.45) is 0.886. The van der Waals surface area contributed by atoms with E-state index in [9.17, 15) is 14.7 Å². The average molecular weight is 715 g/mol. The molecule has 4 aromatic rings. The first-order valence-electron chi connectivity index (χ1n) is 13.7. The number of carboxylic acid groups (broad SMARTS) is 1. The Kier molecular flexibility index (Phi) is 18.6. The van der Waals surface area contributed by atoms with Gasteiger partial charge in [0.15, 0.2) is 0 Å². The van der Waals surface area contributed by atoms with Crippen LogP contribution in [0.4, 0.5) is 5.69 Å². The van der Waals surface area contributed by atoms with E-state index in [4.69, 9.17) is 19.9 Å². The highest BCUT2D eigenvalue weighted by molar-refractivity contribution is 14.1. The number of hydrogen-bond acceptors (Lipinski definition) is 7. The highest BCUT2D eigenvalue weighted by atomic mass is 127. The molecule has 0 amide bonds. The molecule has 0 aliphatic carbocycles. The van der Waals surface area contributed by atoms with E-state index < -0.39 is 18.1 Å². The molecule has 0 spiro atoms. The first-order chi connectivity index (χ1) is 20.7. The van der Waals surface area contributed by atoms with E-state index in [1.165, 1.54) is 3.57 Å². The Labute approximate surface area is 274 Å². The Bertz CT molecular complexity index is 1340. The van der Waals surface area contributed by atoms with E-state index in [1.54, 1.807) is 21.1 Å². The van der Waals surface area contributed by atoms with Crippen molar-refractivity contribution in [2.24, 2.45) is 5.73 Å². The Hall–Kier alpha value is -4.09. The molecule has 236 valence electrons. The Morgan fingerprint density at radius 1 is 0.773 bits per heavy atom. The Morgan fingerprint density at radius 2 is 1.23 bits per heavy atom. The highest BCUT2D eigenvalue weighted by Gasteiger charge is 2.18. The number of carbonyl (C=O) groups excluding carboxylic acids is 1. The number of nitrogens with two attached hydrogens (primary N) is 1. The molecule has 0 aromatic heterocycles. The van der Waals surface area contributed by atoms with Crippen LogP contribution in [0.2, 0.25) is 0 Å². The minimum absolute atomic E-state index is 0. The van der Waals surface area contributed by atoms with Gasteiger partial charge in [0.1, 0.15) is 23.6 Å². The monoisotopic (exact) mass is 714 g/mol. The molecule has 2 unspecified atom stereocenters. The van der Waals surface area contributed by atoms with E-state index in [1.807, 2.05) is 97.1 Å². The molecule has 44 heavy (non-hydrogen) atoms. The van der Waals surface area contributed by atoms with Crippen LogP contribution in [0.15, 0.2) is 109 Å². The molecule has 0 saturated heterocycles. The lowest BCUT2D eigenvalue weighted by Gasteiger charge is -2.16. The molecule has 4 N–H and O–H groups in total. The molecule has 0 radical (unpaired) electrons. The normalized spacial score (nSPS) is 11.0. The number of halogens is 1. The van der Waals surface area contributed by atoms with Crippen LogP contribution in [0.5, 0.6) is 11.5 Å². The van der Waals surface area contributed by atoms with Crippen molar-refractivity contribution in [2.75, 3.05) is 26.1 Å². The molecule has 4 rings (SSSR count). The zero-order chi connectivity index (χ0) is 31.5. The lowest BCUT2D eigenvalue weighted by molar-refractivity contribution is -0.144. The molecular weight excluding hydrogens is 671 g/mol. The van der Waals surface area contributed by atoms with Gasteiger partial charge in [-0.15, -0.1) is 0 Å². The Balaban J connectivity index is 0.000000360. The number of benzene rings is 4. The fourth-order valence-corrected chi connectivity index (χ4v) is 4.11. The number of anilines is 1. The zero-order valence-corrected chi connectivity index (χ0v) is 26.8. The van der Waals surface area contributed by atoms with Gasteiger partial charge in [-0.25, -0.2) is 4.79 Å². The van der Waals surface area contributed by atoms with Gasteiger partial charge in [-0.05, 0) is 95.6 Å². The van der Waals surface area contributed by atoms with Gasteiger partial charge in [-0.1, -0.05) is 68.1 Å². The van der Waals surface area contributed by atoms with Gasteiger partial charge in [0.05, 0.1) is 20.8 Å². The van der Waals surface area contributed by atoms with E-state index in [2.05, 4.69) is 40.0 Å². The standard InChI is InChI=1S/C16H17NO3.C12H17NO3.C6H5I.CH4/c1-20-14-9-7-12(8-10-14)11-15(16(18)19)17-13-5-3-2-4-6-13;1-3-16-12(14)11(13)8-9-4-6-10(15-2)7-5-9;7-6-4-2-1-3-5-6;/h2-10,15,17H,11H2,1H3,(H,18,19);4-7,11H,3,8,13H2,1-2H3;1-5H;1H4. The van der Waals surface area contributed by atoms with Crippen molar-refractivity contribution in [3.63, 3.8) is 0 Å². The summed E-state index contributed by atoms with van der Waals surface area (Å²) in [5, 5.41) is 12.3. The molecule has 0 aliphatic heterocycles. The predicted molar refractivity (Wildman–Crippen MR) is 185 cm³/mol. The van der Waals surface area contributed by atoms with Crippen molar-refractivity contribution >= 4 is 40.2 Å². The van der Waals surface area contributed by atoms with Crippen LogP contribution in [0.25, 0.3) is 0 Å². The van der Waals surface area contributed by atoms with Crippen molar-refractivity contribution in [3.8, 4) is 11.5 Å². The van der Waals surface area contributed by atoms with Crippen LogP contribution in [-0.4, -0.2) is 50.0 Å². The van der Waals surface area contributed by atoms with Crippen LogP contribution in [0.1, 0.15) is 25.5 Å². The maximum atomic E-state index is 11.3. The van der Waals surface area contributed by atoms with Crippen molar-refractivity contribution in [1.82, 2.24) is 0 Å². The number of aliphatic carboxylic acids is 1. The van der Waals surface area contributed by atoms with E-state index in [0.717, 1.165) is 28.3 Å². The summed E-state index contributed by atoms with van der Waals surface area (Å²) < 4.78 is 16.2. The number of methoxy groups -OCH3 is 2. The second-order valence-electron chi connectivity index (χ2n) is 9.16. The summed E-state index contributed by atoms with van der Waals surface area (Å²) in [4.78, 5) is 22.6. The third kappa shape index (κ3) is 14.9. The summed E-state index contributed by atoms with van der Waals surface area (Å²) in [5.41, 5.74) is 8.43. The lowest BCUT2D eigenvalue weighted by Crippen LogP contribution is -2.34. The summed E-state index contributed by atoms with van der Waals surface area (Å²) in [7, 11) is 3.21. The summed E-state index contributed by atoms with van der Waals surface area (Å²) >= 11 is 2.28. The maximum absolute atomic E-state index is 11.3. The van der Waals surface area contributed by atoms with Crippen molar-refractivity contribution in [3.05, 3.63) is 124 Å². The zero-order valence-electron chi connectivity index (χ0n) is 24.6. The third-order valence-corrected chi connectivity index (χ3v) is 6.67. The second kappa shape index (κ2) is 21.6. The number of hydrogen-bond donors (Lipinski definition) is 3. The van der Waals surface area contributed by atoms with Crippen LogP contribution >= 0.6 is 22.6 Å². The van der Waals surface area contributed by atoms with Gasteiger partial charge < -0.3 is 30.4 Å². The van der Waals surface area contributed by atoms with Crippen molar-refractivity contribution in [1.29, 1.82) is 0 Å². The molecule has 0 heterocycles. The van der Waals surface area contributed by atoms with Crippen LogP contribution in [0, 0.1) is 3.57 Å². The van der Waals surface area contributed by atoms with Gasteiger partial charge >= 0.3 is 11.9 Å². The molecular formula is C35H43IN2O6. The topological polar surface area (TPSA) is 120 Å². The number of para-hydroxylation sites is 1. The number of carbonyl (C=O) groups is 2. The number of nitrogens with one attached hydrogen (secondary N) is 1. The molecule has 0 fully saturated rings. The fourth-order valence-electron chi connectivity index (χ4n) is 3.70. The van der Waals surface area contributed by atoms with Gasteiger partial charge in [-0.2, -0.15) is 0 Å². The summed E-state index contributed by atoms with van der Waals surface area (Å²) in [5.74, 6) is 0.313. The smallest absolute Gasteiger partial charge is 0.326 e. The molecule has 8 nitrogen and oxygen atoms in total. The van der Waals surface area contributed by atoms with Gasteiger partial charge in [0.25, 0.3) is 0 Å². The van der Waals surface area contributed by atoms with Gasteiger partial charge in [0, 0.05) is 15.7 Å². The summed E-state index contributed by atoms with van der Waals surface area (Å²) in [6.45, 7) is 2.12. The largest absolute Gasteiger partial charge is 0.497 e. The number of carboxylic acids is 1. The predicted octanol–water partition coefficient (Wildman–Crippen LogP) is 6.86. The lowest BCUT2D eigenvalue weighted by atomic mass is 10.1.